The number of ether oxygens (including phenoxy) is 3. The zero-order chi connectivity index (χ0) is 21.0. The summed E-state index contributed by atoms with van der Waals surface area (Å²) < 4.78 is 15.5. The molecule has 0 atom stereocenters. The van der Waals surface area contributed by atoms with E-state index in [0.717, 1.165) is 4.90 Å². The fourth-order valence-corrected chi connectivity index (χ4v) is 3.22. The summed E-state index contributed by atoms with van der Waals surface area (Å²) in [5, 5.41) is 0.338. The summed E-state index contributed by atoms with van der Waals surface area (Å²) in [6.45, 7) is -0.130. The number of amides is 2. The van der Waals surface area contributed by atoms with E-state index in [-0.39, 0.29) is 13.2 Å². The summed E-state index contributed by atoms with van der Waals surface area (Å²) >= 11 is 6.13. The molecule has 0 aromatic heterocycles. The number of methoxy groups -OCH3 is 2. The summed E-state index contributed by atoms with van der Waals surface area (Å²) in [7, 11) is 2.96. The van der Waals surface area contributed by atoms with E-state index in [0.29, 0.717) is 33.2 Å². The van der Waals surface area contributed by atoms with Crippen molar-refractivity contribution in [3.63, 3.8) is 0 Å². The Labute approximate surface area is 172 Å². The van der Waals surface area contributed by atoms with E-state index in [1.807, 2.05) is 0 Å². The Hall–Kier alpha value is -3.32. The molecule has 0 bridgehead atoms. The number of halogens is 1. The van der Waals surface area contributed by atoms with Gasteiger partial charge in [0, 0.05) is 6.08 Å². The van der Waals surface area contributed by atoms with Gasteiger partial charge in [-0.05, 0) is 35.9 Å². The molecule has 0 N–H and O–H groups in total. The van der Waals surface area contributed by atoms with Crippen molar-refractivity contribution in [1.82, 2.24) is 4.90 Å². The lowest BCUT2D eigenvalue weighted by molar-refractivity contribution is -0.137. The molecule has 0 aliphatic carbocycles. The van der Waals surface area contributed by atoms with Gasteiger partial charge in [-0.2, -0.15) is 0 Å². The summed E-state index contributed by atoms with van der Waals surface area (Å²) in [6, 6.07) is 9.85. The number of esters is 1. The van der Waals surface area contributed by atoms with Crippen molar-refractivity contribution in [3.05, 3.63) is 64.2 Å². The van der Waals surface area contributed by atoms with Crippen molar-refractivity contribution >= 4 is 35.5 Å². The van der Waals surface area contributed by atoms with Gasteiger partial charge < -0.3 is 14.2 Å². The SMILES string of the molecule is COc1cc(C=CC(=O)OCCN2C(=O)c3ccccc3C2=O)cc(Cl)c1OC. The van der Waals surface area contributed by atoms with Gasteiger partial charge in [0.2, 0.25) is 0 Å². The molecular weight excluding hydrogens is 398 g/mol. The van der Waals surface area contributed by atoms with Gasteiger partial charge in [-0.1, -0.05) is 23.7 Å². The molecule has 0 spiro atoms. The number of rotatable bonds is 7. The van der Waals surface area contributed by atoms with Crippen LogP contribution in [-0.4, -0.2) is 50.1 Å². The topological polar surface area (TPSA) is 82.1 Å². The van der Waals surface area contributed by atoms with E-state index in [1.54, 1.807) is 36.4 Å². The Kier molecular flexibility index (Phi) is 6.19. The number of carbonyl (C=O) groups is 3. The molecule has 1 aliphatic heterocycles. The molecule has 0 unspecified atom stereocenters. The third-order valence-corrected chi connectivity index (χ3v) is 4.59. The molecule has 1 heterocycles. The van der Waals surface area contributed by atoms with Gasteiger partial charge in [-0.15, -0.1) is 0 Å². The smallest absolute Gasteiger partial charge is 0.330 e. The number of imide groups is 1. The lowest BCUT2D eigenvalue weighted by atomic mass is 10.1. The van der Waals surface area contributed by atoms with Gasteiger partial charge in [0.25, 0.3) is 11.8 Å². The Morgan fingerprint density at radius 1 is 1.07 bits per heavy atom. The number of carbonyl (C=O) groups excluding carboxylic acids is 3. The maximum absolute atomic E-state index is 12.3. The van der Waals surface area contributed by atoms with Gasteiger partial charge in [-0.25, -0.2) is 4.79 Å². The molecule has 0 radical (unpaired) electrons. The van der Waals surface area contributed by atoms with Gasteiger partial charge in [0.15, 0.2) is 11.5 Å². The van der Waals surface area contributed by atoms with Crippen molar-refractivity contribution in [2.24, 2.45) is 0 Å². The molecule has 29 heavy (non-hydrogen) atoms. The molecule has 2 aromatic carbocycles. The first-order valence-corrected chi connectivity index (χ1v) is 9.05. The standard InChI is InChI=1S/C21H18ClNO6/c1-27-17-12-13(11-16(22)19(17)28-2)7-8-18(24)29-10-9-23-20(25)14-5-3-4-6-15(14)21(23)26/h3-8,11-12H,9-10H2,1-2H3. The average Bonchev–Trinajstić information content (AvgIpc) is 2.97. The number of benzene rings is 2. The Balaban J connectivity index is 1.57. The van der Waals surface area contributed by atoms with Gasteiger partial charge in [0.05, 0.1) is 36.9 Å². The van der Waals surface area contributed by atoms with Crippen molar-refractivity contribution in [2.75, 3.05) is 27.4 Å². The largest absolute Gasteiger partial charge is 0.493 e. The highest BCUT2D eigenvalue weighted by Crippen LogP contribution is 2.36. The Morgan fingerprint density at radius 3 is 2.31 bits per heavy atom. The Morgan fingerprint density at radius 2 is 1.72 bits per heavy atom. The zero-order valence-corrected chi connectivity index (χ0v) is 16.6. The average molecular weight is 416 g/mol. The van der Waals surface area contributed by atoms with E-state index in [4.69, 9.17) is 25.8 Å². The molecule has 1 aliphatic rings. The maximum atomic E-state index is 12.3. The number of hydrogen-bond acceptors (Lipinski definition) is 6. The summed E-state index contributed by atoms with van der Waals surface area (Å²) in [4.78, 5) is 37.5. The molecule has 0 saturated heterocycles. The van der Waals surface area contributed by atoms with Crippen LogP contribution in [0.25, 0.3) is 6.08 Å². The molecular formula is C21H18ClNO6. The highest BCUT2D eigenvalue weighted by Gasteiger charge is 2.34. The van der Waals surface area contributed by atoms with E-state index in [9.17, 15) is 14.4 Å². The lowest BCUT2D eigenvalue weighted by Gasteiger charge is -2.13. The van der Waals surface area contributed by atoms with Crippen LogP contribution in [0.1, 0.15) is 26.3 Å². The predicted octanol–water partition coefficient (Wildman–Crippen LogP) is 3.21. The molecule has 0 saturated carbocycles. The lowest BCUT2D eigenvalue weighted by Crippen LogP contribution is -2.33. The minimum absolute atomic E-state index is 0.0197. The van der Waals surface area contributed by atoms with Crippen LogP contribution in [0.3, 0.4) is 0 Å². The van der Waals surface area contributed by atoms with Crippen molar-refractivity contribution in [2.45, 2.75) is 0 Å². The quantitative estimate of drug-likeness (QED) is 0.392. The van der Waals surface area contributed by atoms with E-state index < -0.39 is 17.8 Å². The first kappa shape index (κ1) is 20.4. The normalized spacial score (nSPS) is 13.0. The van der Waals surface area contributed by atoms with Crippen molar-refractivity contribution in [1.29, 1.82) is 0 Å². The summed E-state index contributed by atoms with van der Waals surface area (Å²) in [5.74, 6) is -0.574. The van der Waals surface area contributed by atoms with E-state index >= 15 is 0 Å². The third kappa shape index (κ3) is 4.25. The van der Waals surface area contributed by atoms with Crippen LogP contribution in [0.15, 0.2) is 42.5 Å². The predicted molar refractivity (Wildman–Crippen MR) is 106 cm³/mol. The van der Waals surface area contributed by atoms with Crippen LogP contribution in [0, 0.1) is 0 Å². The molecule has 3 rings (SSSR count). The summed E-state index contributed by atoms with van der Waals surface area (Å²) in [6.07, 6.45) is 2.73. The van der Waals surface area contributed by atoms with Gasteiger partial charge in [0.1, 0.15) is 6.61 Å². The number of hydrogen-bond donors (Lipinski definition) is 0. The second kappa shape index (κ2) is 8.79. The molecule has 2 amide bonds. The summed E-state index contributed by atoms with van der Waals surface area (Å²) in [5.41, 5.74) is 1.33. The third-order valence-electron chi connectivity index (χ3n) is 4.31. The maximum Gasteiger partial charge on any atom is 0.330 e. The minimum atomic E-state index is -0.618. The molecule has 150 valence electrons. The minimum Gasteiger partial charge on any atom is -0.493 e. The number of nitrogens with zero attached hydrogens (tertiary/aromatic N) is 1. The number of fused-ring (bicyclic) bond motifs is 1. The molecule has 8 heteroatoms. The Bertz CT molecular complexity index is 966. The van der Waals surface area contributed by atoms with Crippen LogP contribution < -0.4 is 9.47 Å². The highest BCUT2D eigenvalue weighted by molar-refractivity contribution is 6.32. The highest BCUT2D eigenvalue weighted by atomic mass is 35.5. The fourth-order valence-electron chi connectivity index (χ4n) is 2.93. The van der Waals surface area contributed by atoms with Crippen molar-refractivity contribution in [3.8, 4) is 11.5 Å². The van der Waals surface area contributed by atoms with Crippen molar-refractivity contribution < 1.29 is 28.6 Å². The van der Waals surface area contributed by atoms with Crippen LogP contribution >= 0.6 is 11.6 Å². The van der Waals surface area contributed by atoms with Crippen LogP contribution in [0.5, 0.6) is 11.5 Å². The van der Waals surface area contributed by atoms with E-state index in [2.05, 4.69) is 0 Å². The second-order valence-electron chi connectivity index (χ2n) is 6.05. The molecule has 0 fully saturated rings. The fraction of sp³-hybridized carbons (Fsp3) is 0.190. The monoisotopic (exact) mass is 415 g/mol. The van der Waals surface area contributed by atoms with Crippen LogP contribution in [0.4, 0.5) is 0 Å². The zero-order valence-electron chi connectivity index (χ0n) is 15.8. The first-order valence-electron chi connectivity index (χ1n) is 8.68. The van der Waals surface area contributed by atoms with Crippen LogP contribution in [0.2, 0.25) is 5.02 Å². The van der Waals surface area contributed by atoms with Gasteiger partial charge in [-0.3, -0.25) is 14.5 Å². The van der Waals surface area contributed by atoms with Gasteiger partial charge >= 0.3 is 5.97 Å². The first-order chi connectivity index (χ1) is 14.0. The van der Waals surface area contributed by atoms with E-state index in [1.165, 1.54) is 26.4 Å². The molecule has 7 nitrogen and oxygen atoms in total. The molecule has 2 aromatic rings. The van der Waals surface area contributed by atoms with Crippen LogP contribution in [-0.2, 0) is 9.53 Å². The second-order valence-corrected chi connectivity index (χ2v) is 6.45.